The van der Waals surface area contributed by atoms with E-state index in [2.05, 4.69) is 12.1 Å². The minimum atomic E-state index is -0.0132. The largest absolute Gasteiger partial charge is 0.381 e. The van der Waals surface area contributed by atoms with Gasteiger partial charge in [0, 0.05) is 44.3 Å². The lowest BCUT2D eigenvalue weighted by molar-refractivity contribution is -0.128. The van der Waals surface area contributed by atoms with Crippen LogP contribution in [0.5, 0.6) is 0 Å². The lowest BCUT2D eigenvalue weighted by atomic mass is 9.98. The molecular weight excluding hydrogens is 316 g/mol. The van der Waals surface area contributed by atoms with E-state index in [9.17, 15) is 9.59 Å². The number of hydrogen-bond donors (Lipinski definition) is 0. The van der Waals surface area contributed by atoms with Crippen LogP contribution in [-0.2, 0) is 14.3 Å². The smallest absolute Gasteiger partial charge is 0.232 e. The number of anilines is 1. The van der Waals surface area contributed by atoms with Crippen molar-refractivity contribution in [3.05, 3.63) is 29.8 Å². The van der Waals surface area contributed by atoms with Gasteiger partial charge in [-0.1, -0.05) is 18.2 Å². The van der Waals surface area contributed by atoms with Gasteiger partial charge >= 0.3 is 0 Å². The standard InChI is InChI=1S/C20H26N2O3/c23-19-8-3-10-21(19)11-9-15-13-22(18-7-2-1-6-17(15)18)20(24)16-5-4-12-25-14-16/h1-2,6-7,15-16H,3-5,8-14H2/t15-,16-/m0/s1. The maximum Gasteiger partial charge on any atom is 0.232 e. The molecule has 0 N–H and O–H groups in total. The summed E-state index contributed by atoms with van der Waals surface area (Å²) in [5.41, 5.74) is 2.30. The molecular formula is C20H26N2O3. The lowest BCUT2D eigenvalue weighted by Crippen LogP contribution is -2.39. The van der Waals surface area contributed by atoms with Crippen LogP contribution in [0.3, 0.4) is 0 Å². The van der Waals surface area contributed by atoms with Crippen LogP contribution in [0.25, 0.3) is 0 Å². The molecule has 2 atom stereocenters. The summed E-state index contributed by atoms with van der Waals surface area (Å²) in [4.78, 5) is 28.8. The first-order valence-corrected chi connectivity index (χ1v) is 9.50. The number of hydrogen-bond acceptors (Lipinski definition) is 3. The van der Waals surface area contributed by atoms with Gasteiger partial charge in [-0.05, 0) is 37.3 Å². The van der Waals surface area contributed by atoms with Crippen molar-refractivity contribution in [1.29, 1.82) is 0 Å². The Morgan fingerprint density at radius 2 is 2.12 bits per heavy atom. The fourth-order valence-electron chi connectivity index (χ4n) is 4.36. The number of carbonyl (C=O) groups excluding carboxylic acids is 2. The molecule has 134 valence electrons. The molecule has 0 aromatic heterocycles. The zero-order valence-corrected chi connectivity index (χ0v) is 14.7. The second-order valence-electron chi connectivity index (χ2n) is 7.39. The molecule has 1 aromatic rings. The van der Waals surface area contributed by atoms with Crippen LogP contribution in [0.15, 0.2) is 24.3 Å². The maximum atomic E-state index is 13.0. The normalized spacial score (nSPS) is 26.2. The molecule has 2 fully saturated rings. The molecule has 2 saturated heterocycles. The molecule has 25 heavy (non-hydrogen) atoms. The summed E-state index contributed by atoms with van der Waals surface area (Å²) in [6.45, 7) is 3.73. The average Bonchev–Trinajstić information content (AvgIpc) is 3.23. The third-order valence-corrected chi connectivity index (χ3v) is 5.76. The summed E-state index contributed by atoms with van der Waals surface area (Å²) in [7, 11) is 0. The van der Waals surface area contributed by atoms with Crippen LogP contribution in [0.2, 0.25) is 0 Å². The Morgan fingerprint density at radius 1 is 1.24 bits per heavy atom. The van der Waals surface area contributed by atoms with E-state index >= 15 is 0 Å². The summed E-state index contributed by atoms with van der Waals surface area (Å²) in [6.07, 6.45) is 4.48. The Morgan fingerprint density at radius 3 is 2.88 bits per heavy atom. The fourth-order valence-corrected chi connectivity index (χ4v) is 4.36. The molecule has 3 aliphatic rings. The number of carbonyl (C=O) groups is 2. The van der Waals surface area contributed by atoms with E-state index in [4.69, 9.17) is 4.74 Å². The van der Waals surface area contributed by atoms with Gasteiger partial charge in [0.1, 0.15) is 0 Å². The molecule has 0 bridgehead atoms. The third kappa shape index (κ3) is 3.30. The number of para-hydroxylation sites is 1. The SMILES string of the molecule is O=C1CCCN1CC[C@H]1CN(C(=O)[C@H]2CCCOC2)c2ccccc21. The molecule has 3 heterocycles. The van der Waals surface area contributed by atoms with Crippen molar-refractivity contribution in [3.8, 4) is 0 Å². The van der Waals surface area contributed by atoms with Crippen LogP contribution < -0.4 is 4.90 Å². The van der Waals surface area contributed by atoms with E-state index in [0.717, 1.165) is 57.6 Å². The van der Waals surface area contributed by atoms with Gasteiger partial charge in [0.25, 0.3) is 0 Å². The molecule has 5 heteroatoms. The number of fused-ring (bicyclic) bond motifs is 1. The van der Waals surface area contributed by atoms with Gasteiger partial charge in [0.05, 0.1) is 12.5 Å². The minimum Gasteiger partial charge on any atom is -0.381 e. The first kappa shape index (κ1) is 16.6. The Hall–Kier alpha value is -1.88. The van der Waals surface area contributed by atoms with Gasteiger partial charge < -0.3 is 14.5 Å². The Balaban J connectivity index is 1.47. The number of nitrogens with zero attached hydrogens (tertiary/aromatic N) is 2. The molecule has 0 saturated carbocycles. The van der Waals surface area contributed by atoms with Crippen molar-refractivity contribution in [1.82, 2.24) is 4.90 Å². The highest BCUT2D eigenvalue weighted by molar-refractivity contribution is 5.97. The molecule has 0 aliphatic carbocycles. The highest BCUT2D eigenvalue weighted by atomic mass is 16.5. The lowest BCUT2D eigenvalue weighted by Gasteiger charge is -2.27. The zero-order valence-electron chi connectivity index (χ0n) is 14.7. The quantitative estimate of drug-likeness (QED) is 0.845. The summed E-state index contributed by atoms with van der Waals surface area (Å²) in [5, 5.41) is 0. The topological polar surface area (TPSA) is 49.9 Å². The van der Waals surface area contributed by atoms with Crippen molar-refractivity contribution in [3.63, 3.8) is 0 Å². The van der Waals surface area contributed by atoms with Crippen LogP contribution >= 0.6 is 0 Å². The summed E-state index contributed by atoms with van der Waals surface area (Å²) in [6, 6.07) is 8.24. The van der Waals surface area contributed by atoms with Gasteiger partial charge in [-0.15, -0.1) is 0 Å². The number of ether oxygens (including phenoxy) is 1. The van der Waals surface area contributed by atoms with Gasteiger partial charge in [-0.2, -0.15) is 0 Å². The highest BCUT2D eigenvalue weighted by Crippen LogP contribution is 2.39. The van der Waals surface area contributed by atoms with Crippen LogP contribution in [0, 0.1) is 5.92 Å². The Kier molecular flexibility index (Phi) is 4.75. The molecule has 0 unspecified atom stereocenters. The van der Waals surface area contributed by atoms with Crippen LogP contribution in [-0.4, -0.2) is 49.6 Å². The number of amides is 2. The minimum absolute atomic E-state index is 0.0132. The number of benzene rings is 1. The van der Waals surface area contributed by atoms with Gasteiger partial charge in [0.15, 0.2) is 0 Å². The monoisotopic (exact) mass is 342 g/mol. The molecule has 5 nitrogen and oxygen atoms in total. The van der Waals surface area contributed by atoms with Crippen LogP contribution in [0.4, 0.5) is 5.69 Å². The zero-order chi connectivity index (χ0) is 17.2. The third-order valence-electron chi connectivity index (χ3n) is 5.76. The van der Waals surface area contributed by atoms with Gasteiger partial charge in [-0.25, -0.2) is 0 Å². The summed E-state index contributed by atoms with van der Waals surface area (Å²) >= 11 is 0. The van der Waals surface area contributed by atoms with E-state index in [0.29, 0.717) is 18.9 Å². The van der Waals surface area contributed by atoms with Crippen molar-refractivity contribution >= 4 is 17.5 Å². The Labute approximate surface area is 148 Å². The maximum absolute atomic E-state index is 13.0. The average molecular weight is 342 g/mol. The molecule has 3 aliphatic heterocycles. The second kappa shape index (κ2) is 7.16. The van der Waals surface area contributed by atoms with Crippen molar-refractivity contribution in [2.45, 2.75) is 38.0 Å². The second-order valence-corrected chi connectivity index (χ2v) is 7.39. The highest BCUT2D eigenvalue weighted by Gasteiger charge is 2.36. The molecule has 4 rings (SSSR count). The first-order chi connectivity index (χ1) is 12.2. The molecule has 1 aromatic carbocycles. The van der Waals surface area contributed by atoms with E-state index < -0.39 is 0 Å². The fraction of sp³-hybridized carbons (Fsp3) is 0.600. The van der Waals surface area contributed by atoms with Gasteiger partial charge in [0.2, 0.25) is 11.8 Å². The van der Waals surface area contributed by atoms with Crippen molar-refractivity contribution in [2.24, 2.45) is 5.92 Å². The summed E-state index contributed by atoms with van der Waals surface area (Å²) in [5.74, 6) is 0.782. The van der Waals surface area contributed by atoms with E-state index in [1.54, 1.807) is 0 Å². The van der Waals surface area contributed by atoms with E-state index in [1.807, 2.05) is 21.9 Å². The van der Waals surface area contributed by atoms with Crippen molar-refractivity contribution < 1.29 is 14.3 Å². The molecule has 0 spiro atoms. The predicted octanol–water partition coefficient (Wildman–Crippen LogP) is 2.56. The molecule has 2 amide bonds. The molecule has 0 radical (unpaired) electrons. The van der Waals surface area contributed by atoms with Crippen LogP contribution in [0.1, 0.15) is 43.6 Å². The Bertz CT molecular complexity index is 654. The summed E-state index contributed by atoms with van der Waals surface area (Å²) < 4.78 is 5.51. The van der Waals surface area contributed by atoms with E-state index in [-0.39, 0.29) is 17.7 Å². The van der Waals surface area contributed by atoms with E-state index in [1.165, 1.54) is 5.56 Å². The van der Waals surface area contributed by atoms with Gasteiger partial charge in [-0.3, -0.25) is 9.59 Å². The number of rotatable bonds is 4. The predicted molar refractivity (Wildman–Crippen MR) is 95.5 cm³/mol. The van der Waals surface area contributed by atoms with Crippen molar-refractivity contribution in [2.75, 3.05) is 37.7 Å². The number of likely N-dealkylation sites (tertiary alicyclic amines) is 1. The first-order valence-electron chi connectivity index (χ1n) is 9.50.